The molecule has 0 saturated heterocycles. The molecule has 1 nitrogen and oxygen atoms in total. The van der Waals surface area contributed by atoms with Gasteiger partial charge in [0.25, 0.3) is 0 Å². The lowest BCUT2D eigenvalue weighted by Gasteiger charge is -2.12. The van der Waals surface area contributed by atoms with Crippen molar-refractivity contribution in [1.82, 2.24) is 4.57 Å². The number of nitrogens with zero attached hydrogens (tertiary/aromatic N) is 1. The predicted molar refractivity (Wildman–Crippen MR) is 79.0 cm³/mol. The van der Waals surface area contributed by atoms with Crippen LogP contribution in [0.4, 0.5) is 0 Å². The quantitative estimate of drug-likeness (QED) is 0.631. The number of hydrogen-bond donors (Lipinski definition) is 0. The second-order valence-corrected chi connectivity index (χ2v) is 6.38. The fraction of sp³-hybridized carbons (Fsp3) is 0.250. The third-order valence-electron chi connectivity index (χ3n) is 2.40. The van der Waals surface area contributed by atoms with E-state index in [0.717, 1.165) is 15.2 Å². The van der Waals surface area contributed by atoms with E-state index in [1.165, 1.54) is 0 Å². The molecule has 1 aromatic heterocycles. The van der Waals surface area contributed by atoms with Crippen LogP contribution in [0.15, 0.2) is 23.6 Å². The van der Waals surface area contributed by atoms with E-state index >= 15 is 0 Å². The number of hydrogen-bond acceptors (Lipinski definition) is 2. The molecule has 0 unspecified atom stereocenters. The molecule has 2 aromatic rings. The van der Waals surface area contributed by atoms with E-state index in [-0.39, 0.29) is 0 Å². The Morgan fingerprint density at radius 2 is 1.76 bits per heavy atom. The van der Waals surface area contributed by atoms with Gasteiger partial charge in [-0.05, 0) is 44.3 Å². The summed E-state index contributed by atoms with van der Waals surface area (Å²) in [5, 5.41) is 3.32. The molecule has 0 aliphatic heterocycles. The lowest BCUT2D eigenvalue weighted by atomic mass is 10.1. The molecule has 0 spiro atoms. The SMILES string of the molecule is CC(C)n1c(-c2cc(Cl)cc(Cl)c2)csc1=S. The standard InChI is InChI=1S/C12H11Cl2NS2/c1-7(2)15-11(6-17-12(15)16)8-3-9(13)5-10(14)4-8/h3-7H,1-2H3. The van der Waals surface area contributed by atoms with Crippen LogP contribution in [-0.4, -0.2) is 4.57 Å². The highest BCUT2D eigenvalue weighted by Crippen LogP contribution is 2.31. The Kier molecular flexibility index (Phi) is 3.93. The predicted octanol–water partition coefficient (Wildman–Crippen LogP) is 5.83. The fourth-order valence-corrected chi connectivity index (χ4v) is 3.58. The van der Waals surface area contributed by atoms with Crippen molar-refractivity contribution in [3.05, 3.63) is 37.6 Å². The van der Waals surface area contributed by atoms with Gasteiger partial charge in [-0.1, -0.05) is 23.2 Å². The Labute approximate surface area is 120 Å². The minimum absolute atomic E-state index is 0.321. The maximum atomic E-state index is 6.02. The lowest BCUT2D eigenvalue weighted by molar-refractivity contribution is 0.606. The van der Waals surface area contributed by atoms with Gasteiger partial charge in [0.2, 0.25) is 0 Å². The Balaban J connectivity index is 2.64. The van der Waals surface area contributed by atoms with Crippen LogP contribution in [0.25, 0.3) is 11.3 Å². The first-order valence-electron chi connectivity index (χ1n) is 5.15. The zero-order valence-corrected chi connectivity index (χ0v) is 12.6. The van der Waals surface area contributed by atoms with Crippen molar-refractivity contribution < 1.29 is 0 Å². The summed E-state index contributed by atoms with van der Waals surface area (Å²) in [6, 6.07) is 5.86. The number of halogens is 2. The molecule has 0 bridgehead atoms. The Morgan fingerprint density at radius 1 is 1.18 bits per heavy atom. The van der Waals surface area contributed by atoms with Crippen molar-refractivity contribution in [2.24, 2.45) is 0 Å². The lowest BCUT2D eigenvalue weighted by Crippen LogP contribution is -2.02. The van der Waals surface area contributed by atoms with Crippen LogP contribution >= 0.6 is 46.8 Å². The Hall–Kier alpha value is -0.350. The average Bonchev–Trinajstić information content (AvgIpc) is 2.58. The molecule has 0 saturated carbocycles. The van der Waals surface area contributed by atoms with Crippen LogP contribution in [0.2, 0.25) is 10.0 Å². The van der Waals surface area contributed by atoms with Gasteiger partial charge in [0.05, 0.1) is 5.69 Å². The highest BCUT2D eigenvalue weighted by Gasteiger charge is 2.10. The monoisotopic (exact) mass is 303 g/mol. The molecule has 5 heteroatoms. The highest BCUT2D eigenvalue weighted by atomic mass is 35.5. The van der Waals surface area contributed by atoms with E-state index in [0.29, 0.717) is 16.1 Å². The topological polar surface area (TPSA) is 4.93 Å². The van der Waals surface area contributed by atoms with Gasteiger partial charge in [0.15, 0.2) is 3.95 Å². The van der Waals surface area contributed by atoms with Gasteiger partial charge < -0.3 is 4.57 Å². The van der Waals surface area contributed by atoms with Gasteiger partial charge in [-0.3, -0.25) is 0 Å². The normalized spacial score (nSPS) is 11.1. The van der Waals surface area contributed by atoms with Crippen molar-refractivity contribution in [3.8, 4) is 11.3 Å². The molecule has 0 atom stereocenters. The summed E-state index contributed by atoms with van der Waals surface area (Å²) in [4.78, 5) is 0. The first-order valence-corrected chi connectivity index (χ1v) is 7.20. The summed E-state index contributed by atoms with van der Waals surface area (Å²) in [5.74, 6) is 0. The first kappa shape index (κ1) is 13.1. The van der Waals surface area contributed by atoms with E-state index in [4.69, 9.17) is 35.4 Å². The maximum absolute atomic E-state index is 6.02. The third-order valence-corrected chi connectivity index (χ3v) is 4.06. The van der Waals surface area contributed by atoms with E-state index in [1.807, 2.05) is 17.5 Å². The van der Waals surface area contributed by atoms with Crippen molar-refractivity contribution in [2.75, 3.05) is 0 Å². The van der Waals surface area contributed by atoms with Gasteiger partial charge in [-0.15, -0.1) is 11.3 Å². The molecule has 0 aliphatic carbocycles. The molecule has 17 heavy (non-hydrogen) atoms. The first-order chi connectivity index (χ1) is 7.99. The smallest absolute Gasteiger partial charge is 0.161 e. The van der Waals surface area contributed by atoms with Gasteiger partial charge in [-0.2, -0.15) is 0 Å². The molecule has 1 heterocycles. The Bertz CT molecular complexity index is 579. The summed E-state index contributed by atoms with van der Waals surface area (Å²) in [6.07, 6.45) is 0. The zero-order chi connectivity index (χ0) is 12.6. The highest BCUT2D eigenvalue weighted by molar-refractivity contribution is 7.73. The summed E-state index contributed by atoms with van der Waals surface area (Å²) < 4.78 is 2.98. The summed E-state index contributed by atoms with van der Waals surface area (Å²) in [7, 11) is 0. The molecular weight excluding hydrogens is 293 g/mol. The molecule has 0 aliphatic rings. The second kappa shape index (κ2) is 5.11. The van der Waals surface area contributed by atoms with Gasteiger partial charge in [0, 0.05) is 27.0 Å². The number of aromatic nitrogens is 1. The molecule has 0 radical (unpaired) electrons. The van der Waals surface area contributed by atoms with Crippen LogP contribution in [0.5, 0.6) is 0 Å². The zero-order valence-electron chi connectivity index (χ0n) is 9.41. The van der Waals surface area contributed by atoms with Crippen LogP contribution < -0.4 is 0 Å². The molecule has 1 aromatic carbocycles. The van der Waals surface area contributed by atoms with Crippen LogP contribution in [0, 0.1) is 3.95 Å². The van der Waals surface area contributed by atoms with Crippen molar-refractivity contribution in [3.63, 3.8) is 0 Å². The minimum Gasteiger partial charge on any atom is -0.320 e. The molecule has 90 valence electrons. The van der Waals surface area contributed by atoms with E-state index < -0.39 is 0 Å². The molecule has 0 N–H and O–H groups in total. The van der Waals surface area contributed by atoms with Crippen LogP contribution in [0.3, 0.4) is 0 Å². The number of thiazole rings is 1. The van der Waals surface area contributed by atoms with Crippen LogP contribution in [-0.2, 0) is 0 Å². The van der Waals surface area contributed by atoms with Gasteiger partial charge in [-0.25, -0.2) is 0 Å². The van der Waals surface area contributed by atoms with Gasteiger partial charge >= 0.3 is 0 Å². The second-order valence-electron chi connectivity index (χ2n) is 4.01. The van der Waals surface area contributed by atoms with Crippen molar-refractivity contribution in [1.29, 1.82) is 0 Å². The summed E-state index contributed by atoms with van der Waals surface area (Å²) in [5.41, 5.74) is 2.07. The van der Waals surface area contributed by atoms with E-state index in [1.54, 1.807) is 17.4 Å². The third kappa shape index (κ3) is 2.74. The minimum atomic E-state index is 0.321. The van der Waals surface area contributed by atoms with Gasteiger partial charge in [0.1, 0.15) is 0 Å². The van der Waals surface area contributed by atoms with E-state index in [9.17, 15) is 0 Å². The van der Waals surface area contributed by atoms with Crippen molar-refractivity contribution >= 4 is 46.8 Å². The molecular formula is C12H11Cl2NS2. The maximum Gasteiger partial charge on any atom is 0.161 e. The average molecular weight is 304 g/mol. The largest absolute Gasteiger partial charge is 0.320 e. The molecule has 2 rings (SSSR count). The summed E-state index contributed by atoms with van der Waals surface area (Å²) >= 11 is 18.9. The molecule has 0 amide bonds. The Morgan fingerprint density at radius 3 is 2.29 bits per heavy atom. The fourth-order valence-electron chi connectivity index (χ4n) is 1.72. The van der Waals surface area contributed by atoms with E-state index in [2.05, 4.69) is 18.4 Å². The molecule has 0 fully saturated rings. The van der Waals surface area contributed by atoms with Crippen LogP contribution in [0.1, 0.15) is 19.9 Å². The summed E-state index contributed by atoms with van der Waals surface area (Å²) in [6.45, 7) is 4.22. The number of rotatable bonds is 2. The van der Waals surface area contributed by atoms with Crippen molar-refractivity contribution in [2.45, 2.75) is 19.9 Å². The number of benzene rings is 1.